The highest BCUT2D eigenvalue weighted by Gasteiger charge is 2.64. The van der Waals surface area contributed by atoms with Gasteiger partial charge in [-0.15, -0.1) is 0 Å². The number of phenols is 1. The number of phenolic OH excluding ortho intramolecular Hbond substituents is 1. The average molecular weight is 486 g/mol. The summed E-state index contributed by atoms with van der Waals surface area (Å²) < 4.78 is 12.4. The van der Waals surface area contributed by atoms with E-state index in [4.69, 9.17) is 9.47 Å². The highest BCUT2D eigenvalue weighted by Crippen LogP contribution is 2.61. The van der Waals surface area contributed by atoms with Crippen molar-refractivity contribution in [1.82, 2.24) is 4.90 Å². The third-order valence-electron chi connectivity index (χ3n) is 9.52. The van der Waals surface area contributed by atoms with E-state index in [2.05, 4.69) is 45.6 Å². The number of aromatic hydroxyl groups is 1. The van der Waals surface area contributed by atoms with Gasteiger partial charge in [0.1, 0.15) is 5.60 Å². The van der Waals surface area contributed by atoms with Crippen LogP contribution in [-0.2, 0) is 16.6 Å². The quantitative estimate of drug-likeness (QED) is 0.517. The second-order valence-corrected chi connectivity index (χ2v) is 13.5. The van der Waals surface area contributed by atoms with Gasteiger partial charge < -0.3 is 19.7 Å². The van der Waals surface area contributed by atoms with Gasteiger partial charge in [0.05, 0.1) is 17.8 Å². The first-order valence-electron chi connectivity index (χ1n) is 14.1. The molecule has 5 heteroatoms. The zero-order valence-electron chi connectivity index (χ0n) is 22.7. The van der Waals surface area contributed by atoms with Gasteiger partial charge in [0, 0.05) is 30.0 Å². The summed E-state index contributed by atoms with van der Waals surface area (Å²) in [6, 6.07) is 4.28. The summed E-state index contributed by atoms with van der Waals surface area (Å²) in [5.41, 5.74) is 0.395. The first-order valence-corrected chi connectivity index (χ1v) is 14.1. The molecule has 1 aromatic rings. The fourth-order valence-electron chi connectivity index (χ4n) is 7.45. The normalized spacial score (nSPS) is 31.4. The summed E-state index contributed by atoms with van der Waals surface area (Å²) in [7, 11) is 0. The second-order valence-electron chi connectivity index (χ2n) is 13.5. The lowest BCUT2D eigenvalue weighted by Crippen LogP contribution is -2.72. The molecule has 0 aromatic heterocycles. The first kappa shape index (κ1) is 25.4. The summed E-state index contributed by atoms with van der Waals surface area (Å²) in [4.78, 5) is 2.61. The van der Waals surface area contributed by atoms with Crippen molar-refractivity contribution in [2.75, 3.05) is 19.7 Å². The van der Waals surface area contributed by atoms with Gasteiger partial charge in [-0.3, -0.25) is 4.90 Å². The lowest BCUT2D eigenvalue weighted by atomic mass is 9.49. The van der Waals surface area contributed by atoms with Crippen LogP contribution in [0.25, 0.3) is 0 Å². The largest absolute Gasteiger partial charge is 0.504 e. The Hall–Kier alpha value is -1.30. The zero-order valence-corrected chi connectivity index (χ0v) is 22.7. The van der Waals surface area contributed by atoms with Crippen molar-refractivity contribution in [3.05, 3.63) is 23.3 Å². The van der Waals surface area contributed by atoms with E-state index in [9.17, 15) is 10.2 Å². The summed E-state index contributed by atoms with van der Waals surface area (Å²) >= 11 is 0. The van der Waals surface area contributed by atoms with Crippen molar-refractivity contribution in [3.8, 4) is 11.5 Å². The highest BCUT2D eigenvalue weighted by atomic mass is 16.5. The Bertz CT molecular complexity index is 933. The number of fused-ring (bicyclic) bond motifs is 1. The van der Waals surface area contributed by atoms with Crippen LogP contribution in [-0.4, -0.2) is 57.7 Å². The number of hydrogen-bond donors (Lipinski definition) is 2. The molecule has 2 bridgehead atoms. The van der Waals surface area contributed by atoms with Crippen LogP contribution in [0, 0.1) is 5.92 Å². The fourth-order valence-corrected chi connectivity index (χ4v) is 7.45. The van der Waals surface area contributed by atoms with Gasteiger partial charge in [-0.2, -0.15) is 0 Å². The SMILES string of the molecule is CC(C)(C)OCCC(C)(C)Oc1ccc2c(c1O)[C@@]13CCCC[C@@]1(O)[C@@H](C2)N(CC1CCC1)CC3. The van der Waals surface area contributed by atoms with E-state index in [0.29, 0.717) is 12.4 Å². The van der Waals surface area contributed by atoms with Gasteiger partial charge in [0.25, 0.3) is 0 Å². The van der Waals surface area contributed by atoms with Crippen molar-refractivity contribution < 1.29 is 19.7 Å². The van der Waals surface area contributed by atoms with Crippen LogP contribution in [0.1, 0.15) is 104 Å². The van der Waals surface area contributed by atoms with Crippen LogP contribution in [0.5, 0.6) is 11.5 Å². The van der Waals surface area contributed by atoms with Gasteiger partial charge >= 0.3 is 0 Å². The minimum Gasteiger partial charge on any atom is -0.504 e. The third kappa shape index (κ3) is 4.51. The van der Waals surface area contributed by atoms with E-state index in [-0.39, 0.29) is 22.8 Å². The molecule has 3 atom stereocenters. The first-order chi connectivity index (χ1) is 16.4. The summed E-state index contributed by atoms with van der Waals surface area (Å²) in [5, 5.41) is 24.1. The Morgan fingerprint density at radius 3 is 2.46 bits per heavy atom. The summed E-state index contributed by atoms with van der Waals surface area (Å²) in [6.45, 7) is 13.0. The predicted octanol–water partition coefficient (Wildman–Crippen LogP) is 5.73. The molecule has 1 heterocycles. The lowest BCUT2D eigenvalue weighted by molar-refractivity contribution is -0.169. The molecule has 196 valence electrons. The number of rotatable bonds is 7. The van der Waals surface area contributed by atoms with Crippen LogP contribution in [0.3, 0.4) is 0 Å². The molecule has 2 saturated carbocycles. The predicted molar refractivity (Wildman–Crippen MR) is 139 cm³/mol. The molecule has 0 unspecified atom stereocenters. The monoisotopic (exact) mass is 485 g/mol. The maximum Gasteiger partial charge on any atom is 0.162 e. The molecular formula is C30H47NO4. The number of likely N-dealkylation sites (tertiary alicyclic amines) is 1. The van der Waals surface area contributed by atoms with E-state index in [0.717, 1.165) is 69.5 Å². The average Bonchev–Trinajstić information content (AvgIpc) is 2.72. The van der Waals surface area contributed by atoms with E-state index < -0.39 is 11.2 Å². The summed E-state index contributed by atoms with van der Waals surface area (Å²) in [5.74, 6) is 1.60. The van der Waals surface area contributed by atoms with E-state index in [1.54, 1.807) is 0 Å². The minimum absolute atomic E-state index is 0.154. The Morgan fingerprint density at radius 2 is 1.77 bits per heavy atom. The highest BCUT2D eigenvalue weighted by molar-refractivity contribution is 5.58. The molecular weight excluding hydrogens is 438 g/mol. The molecule has 1 aromatic carbocycles. The molecule has 4 aliphatic rings. The number of piperidine rings is 1. The van der Waals surface area contributed by atoms with Gasteiger partial charge in [-0.1, -0.05) is 25.3 Å². The van der Waals surface area contributed by atoms with Gasteiger partial charge in [-0.05, 0) is 97.2 Å². The Labute approximate surface area is 212 Å². The molecule has 0 amide bonds. The standard InChI is InChI=1S/C30H47NO4/c1-27(2,3)34-18-16-28(4,5)35-23-12-11-22-19-24-30(33)14-7-6-13-29(30,25(22)26(23)32)15-17-31(24)20-21-9-8-10-21/h11-12,21,24,32-33H,6-10,13-20H2,1-5H3/t24-,29+,30-/m1/s1. The van der Waals surface area contributed by atoms with Crippen LogP contribution in [0.2, 0.25) is 0 Å². The van der Waals surface area contributed by atoms with Gasteiger partial charge in [-0.25, -0.2) is 0 Å². The molecule has 5 rings (SSSR count). The summed E-state index contributed by atoms with van der Waals surface area (Å²) in [6.07, 6.45) is 10.4. The number of hydrogen-bond acceptors (Lipinski definition) is 5. The maximum absolute atomic E-state index is 12.4. The molecule has 3 fully saturated rings. The van der Waals surface area contributed by atoms with Crippen molar-refractivity contribution in [2.24, 2.45) is 5.92 Å². The molecule has 35 heavy (non-hydrogen) atoms. The number of nitrogens with zero attached hydrogens (tertiary/aromatic N) is 1. The molecule has 3 aliphatic carbocycles. The molecule has 5 nitrogen and oxygen atoms in total. The zero-order chi connectivity index (χ0) is 25.1. The van der Waals surface area contributed by atoms with Crippen molar-refractivity contribution in [2.45, 2.75) is 127 Å². The smallest absolute Gasteiger partial charge is 0.162 e. The van der Waals surface area contributed by atoms with Crippen LogP contribution >= 0.6 is 0 Å². The van der Waals surface area contributed by atoms with Crippen molar-refractivity contribution in [3.63, 3.8) is 0 Å². The topological polar surface area (TPSA) is 62.2 Å². The number of aliphatic hydroxyl groups is 1. The molecule has 0 spiro atoms. The van der Waals surface area contributed by atoms with E-state index in [1.165, 1.54) is 24.8 Å². The van der Waals surface area contributed by atoms with E-state index in [1.807, 2.05) is 6.07 Å². The molecule has 1 aliphatic heterocycles. The van der Waals surface area contributed by atoms with Gasteiger partial charge in [0.2, 0.25) is 0 Å². The van der Waals surface area contributed by atoms with Crippen LogP contribution < -0.4 is 4.74 Å². The molecule has 0 radical (unpaired) electrons. The molecule has 2 N–H and O–H groups in total. The number of ether oxygens (including phenoxy) is 2. The van der Waals surface area contributed by atoms with Crippen molar-refractivity contribution >= 4 is 0 Å². The van der Waals surface area contributed by atoms with Crippen molar-refractivity contribution in [1.29, 1.82) is 0 Å². The Balaban J connectivity index is 1.44. The fraction of sp³-hybridized carbons (Fsp3) is 0.800. The van der Waals surface area contributed by atoms with Crippen LogP contribution in [0.15, 0.2) is 12.1 Å². The second kappa shape index (κ2) is 8.92. The molecule has 1 saturated heterocycles. The lowest BCUT2D eigenvalue weighted by Gasteiger charge is -2.64. The maximum atomic E-state index is 12.4. The number of benzene rings is 1. The van der Waals surface area contributed by atoms with Crippen LogP contribution in [0.4, 0.5) is 0 Å². The van der Waals surface area contributed by atoms with Gasteiger partial charge in [0.15, 0.2) is 11.5 Å². The Morgan fingerprint density at radius 1 is 1.03 bits per heavy atom. The Kier molecular flexibility index (Phi) is 6.46. The third-order valence-corrected chi connectivity index (χ3v) is 9.52. The minimum atomic E-state index is -0.771. The van der Waals surface area contributed by atoms with E-state index >= 15 is 0 Å².